The second-order valence-corrected chi connectivity index (χ2v) is 6.32. The molecule has 2 aliphatic heterocycles. The Bertz CT molecular complexity index is 455. The fourth-order valence-corrected chi connectivity index (χ4v) is 3.04. The van der Waals surface area contributed by atoms with Gasteiger partial charge in [-0.3, -0.25) is 9.59 Å². The van der Waals surface area contributed by atoms with Crippen molar-refractivity contribution in [2.75, 3.05) is 33.2 Å². The largest absolute Gasteiger partial charge is 0.481 e. The Hall–Kier alpha value is -1.79. The highest BCUT2D eigenvalue weighted by Crippen LogP contribution is 2.25. The molecule has 21 heavy (non-hydrogen) atoms. The second-order valence-electron chi connectivity index (χ2n) is 6.32. The lowest BCUT2D eigenvalue weighted by Gasteiger charge is -2.47. The zero-order valence-electron chi connectivity index (χ0n) is 12.8. The van der Waals surface area contributed by atoms with Gasteiger partial charge in [0, 0.05) is 33.2 Å². The van der Waals surface area contributed by atoms with Crippen LogP contribution in [-0.4, -0.2) is 76.5 Å². The molecule has 0 spiro atoms. The number of likely N-dealkylation sites (tertiary alicyclic amines) is 1. The van der Waals surface area contributed by atoms with Crippen LogP contribution in [0.3, 0.4) is 0 Å². The normalized spacial score (nSPS) is 23.4. The first-order chi connectivity index (χ1) is 9.75. The molecule has 2 fully saturated rings. The fraction of sp³-hybridized carbons (Fsp3) is 0.786. The van der Waals surface area contributed by atoms with Crippen LogP contribution in [0, 0.1) is 5.92 Å². The van der Waals surface area contributed by atoms with E-state index in [-0.39, 0.29) is 17.9 Å². The van der Waals surface area contributed by atoms with Crippen LogP contribution in [-0.2, 0) is 9.59 Å². The lowest BCUT2D eigenvalue weighted by atomic mass is 9.96. The quantitative estimate of drug-likeness (QED) is 0.762. The van der Waals surface area contributed by atoms with Crippen molar-refractivity contribution in [3.63, 3.8) is 0 Å². The van der Waals surface area contributed by atoms with E-state index in [2.05, 4.69) is 0 Å². The third kappa shape index (κ3) is 2.82. The number of carboxylic acids is 1. The van der Waals surface area contributed by atoms with E-state index in [1.807, 2.05) is 0 Å². The summed E-state index contributed by atoms with van der Waals surface area (Å²) >= 11 is 0. The van der Waals surface area contributed by atoms with Gasteiger partial charge in [0.25, 0.3) is 0 Å². The van der Waals surface area contributed by atoms with Crippen molar-refractivity contribution in [1.82, 2.24) is 14.7 Å². The number of carbonyl (C=O) groups is 3. The molecule has 118 valence electrons. The van der Waals surface area contributed by atoms with Gasteiger partial charge in [0.05, 0.1) is 5.92 Å². The molecular formula is C14H23N3O4. The first kappa shape index (κ1) is 15.6. The zero-order chi connectivity index (χ0) is 15.8. The van der Waals surface area contributed by atoms with E-state index in [4.69, 9.17) is 5.11 Å². The van der Waals surface area contributed by atoms with Crippen LogP contribution in [0.5, 0.6) is 0 Å². The van der Waals surface area contributed by atoms with Gasteiger partial charge in [-0.15, -0.1) is 0 Å². The third-order valence-electron chi connectivity index (χ3n) is 4.55. The van der Waals surface area contributed by atoms with Crippen molar-refractivity contribution in [3.05, 3.63) is 0 Å². The number of piperidine rings is 1. The second kappa shape index (κ2) is 5.54. The van der Waals surface area contributed by atoms with Crippen LogP contribution in [0.2, 0.25) is 0 Å². The lowest BCUT2D eigenvalue weighted by molar-refractivity contribution is -0.145. The van der Waals surface area contributed by atoms with Gasteiger partial charge >= 0.3 is 12.0 Å². The number of carboxylic acid groups (broad SMARTS) is 1. The minimum Gasteiger partial charge on any atom is -0.481 e. The number of amides is 3. The molecule has 0 aliphatic carbocycles. The Morgan fingerprint density at radius 3 is 2.24 bits per heavy atom. The summed E-state index contributed by atoms with van der Waals surface area (Å²) in [6, 6.07) is -0.162. The van der Waals surface area contributed by atoms with Crippen molar-refractivity contribution in [1.29, 1.82) is 0 Å². The minimum absolute atomic E-state index is 0.0671. The summed E-state index contributed by atoms with van der Waals surface area (Å²) in [6.45, 7) is 5.42. The molecule has 0 atom stereocenters. The van der Waals surface area contributed by atoms with Gasteiger partial charge in [-0.25, -0.2) is 4.79 Å². The average Bonchev–Trinajstić information content (AvgIpc) is 2.44. The predicted octanol–water partition coefficient (Wildman–Crippen LogP) is 0.456. The smallest absolute Gasteiger partial charge is 0.320 e. The van der Waals surface area contributed by atoms with Crippen LogP contribution in [0.1, 0.15) is 26.7 Å². The Morgan fingerprint density at radius 2 is 1.71 bits per heavy atom. The molecule has 0 unspecified atom stereocenters. The molecule has 2 saturated heterocycles. The monoisotopic (exact) mass is 297 g/mol. The van der Waals surface area contributed by atoms with Crippen LogP contribution >= 0.6 is 0 Å². The number of likely N-dealkylation sites (N-methyl/N-ethyl adjacent to an activating group) is 1. The van der Waals surface area contributed by atoms with Gasteiger partial charge < -0.3 is 19.8 Å². The van der Waals surface area contributed by atoms with Gasteiger partial charge in [-0.2, -0.15) is 0 Å². The number of piperazine rings is 1. The SMILES string of the molecule is CN1CCN(C(=O)N2CCC(C(=O)O)CC2)C(C)(C)C1=O. The van der Waals surface area contributed by atoms with Crippen LogP contribution < -0.4 is 0 Å². The van der Waals surface area contributed by atoms with E-state index in [1.54, 1.807) is 35.6 Å². The van der Waals surface area contributed by atoms with Gasteiger partial charge in [-0.1, -0.05) is 0 Å². The Balaban J connectivity index is 2.04. The number of hydrogen-bond acceptors (Lipinski definition) is 3. The summed E-state index contributed by atoms with van der Waals surface area (Å²) in [4.78, 5) is 40.7. The molecule has 7 heteroatoms. The Kier molecular flexibility index (Phi) is 4.11. The van der Waals surface area contributed by atoms with Gasteiger partial charge in [0.1, 0.15) is 5.54 Å². The highest BCUT2D eigenvalue weighted by Gasteiger charge is 2.44. The van der Waals surface area contributed by atoms with Crippen molar-refractivity contribution < 1.29 is 19.5 Å². The molecule has 3 amide bonds. The van der Waals surface area contributed by atoms with Gasteiger partial charge in [0.2, 0.25) is 5.91 Å². The van der Waals surface area contributed by atoms with E-state index >= 15 is 0 Å². The van der Waals surface area contributed by atoms with Gasteiger partial charge in [-0.05, 0) is 26.7 Å². The van der Waals surface area contributed by atoms with Crippen LogP contribution in [0.15, 0.2) is 0 Å². The summed E-state index contributed by atoms with van der Waals surface area (Å²) in [7, 11) is 1.74. The highest BCUT2D eigenvalue weighted by molar-refractivity contribution is 5.91. The number of aliphatic carboxylic acids is 1. The summed E-state index contributed by atoms with van der Waals surface area (Å²) in [5.74, 6) is -1.23. The first-order valence-electron chi connectivity index (χ1n) is 7.30. The highest BCUT2D eigenvalue weighted by atomic mass is 16.4. The number of hydrogen-bond donors (Lipinski definition) is 1. The summed E-state index contributed by atoms with van der Waals surface area (Å²) < 4.78 is 0. The van der Waals surface area contributed by atoms with Crippen LogP contribution in [0.4, 0.5) is 4.79 Å². The molecular weight excluding hydrogens is 274 g/mol. The number of rotatable bonds is 1. The molecule has 1 N–H and O–H groups in total. The topological polar surface area (TPSA) is 81.2 Å². The van der Waals surface area contributed by atoms with Crippen LogP contribution in [0.25, 0.3) is 0 Å². The molecule has 0 aromatic heterocycles. The number of urea groups is 1. The van der Waals surface area contributed by atoms with Crippen molar-refractivity contribution in [2.45, 2.75) is 32.2 Å². The van der Waals surface area contributed by atoms with E-state index in [9.17, 15) is 14.4 Å². The number of nitrogens with zero attached hydrogens (tertiary/aromatic N) is 3. The van der Waals surface area contributed by atoms with E-state index in [1.165, 1.54) is 0 Å². The molecule has 0 bridgehead atoms. The van der Waals surface area contributed by atoms with E-state index < -0.39 is 11.5 Å². The Morgan fingerprint density at radius 1 is 1.14 bits per heavy atom. The van der Waals surface area contributed by atoms with Crippen molar-refractivity contribution in [2.24, 2.45) is 5.92 Å². The Labute approximate surface area is 124 Å². The van der Waals surface area contributed by atoms with E-state index in [0.717, 1.165) is 0 Å². The average molecular weight is 297 g/mol. The minimum atomic E-state index is -0.853. The maximum Gasteiger partial charge on any atom is 0.320 e. The van der Waals surface area contributed by atoms with Gasteiger partial charge in [0.15, 0.2) is 0 Å². The molecule has 0 radical (unpaired) electrons. The molecule has 2 rings (SSSR count). The lowest BCUT2D eigenvalue weighted by Crippen LogP contribution is -2.66. The standard InChI is InChI=1S/C14H23N3O4/c1-14(2)12(20)15(3)8-9-17(14)13(21)16-6-4-10(5-7-16)11(18)19/h10H,4-9H2,1-3H3,(H,18,19). The maximum atomic E-state index is 12.6. The number of carbonyl (C=O) groups excluding carboxylic acids is 2. The maximum absolute atomic E-state index is 12.6. The molecule has 2 aliphatic rings. The summed E-state index contributed by atoms with van der Waals surface area (Å²) in [5.41, 5.74) is -0.853. The molecule has 7 nitrogen and oxygen atoms in total. The molecule has 2 heterocycles. The van der Waals surface area contributed by atoms with Crippen molar-refractivity contribution in [3.8, 4) is 0 Å². The summed E-state index contributed by atoms with van der Waals surface area (Å²) in [5, 5.41) is 8.99. The first-order valence-corrected chi connectivity index (χ1v) is 7.30. The molecule has 0 aromatic rings. The van der Waals surface area contributed by atoms with Crippen molar-refractivity contribution >= 4 is 17.9 Å². The predicted molar refractivity (Wildman–Crippen MR) is 75.8 cm³/mol. The fourth-order valence-electron chi connectivity index (χ4n) is 3.04. The summed E-state index contributed by atoms with van der Waals surface area (Å²) in [6.07, 6.45) is 0.951. The third-order valence-corrected chi connectivity index (χ3v) is 4.55. The zero-order valence-corrected chi connectivity index (χ0v) is 12.8. The van der Waals surface area contributed by atoms with E-state index in [0.29, 0.717) is 39.0 Å². The molecule has 0 aromatic carbocycles. The molecule has 0 saturated carbocycles.